The quantitative estimate of drug-likeness (QED) is 0.175. The van der Waals surface area contributed by atoms with Crippen molar-refractivity contribution in [2.45, 2.75) is 38.9 Å². The van der Waals surface area contributed by atoms with Gasteiger partial charge in [-0.25, -0.2) is 14.4 Å². The van der Waals surface area contributed by atoms with Crippen molar-refractivity contribution in [2.75, 3.05) is 41.7 Å². The van der Waals surface area contributed by atoms with Crippen LogP contribution in [0, 0.1) is 12.7 Å². The Balaban J connectivity index is 0.851. The van der Waals surface area contributed by atoms with Crippen molar-refractivity contribution in [1.29, 1.82) is 0 Å². The number of carbonyl (C=O) groups is 4. The Hall–Kier alpha value is -6.54. The lowest BCUT2D eigenvalue weighted by atomic mass is 10.0. The fourth-order valence-corrected chi connectivity index (χ4v) is 7.26. The first-order valence-corrected chi connectivity index (χ1v) is 18.1. The number of imide groups is 1. The van der Waals surface area contributed by atoms with Gasteiger partial charge in [0, 0.05) is 103 Å². The van der Waals surface area contributed by atoms with Crippen molar-refractivity contribution in [3.63, 3.8) is 0 Å². The van der Waals surface area contributed by atoms with Crippen LogP contribution >= 0.6 is 0 Å². The van der Waals surface area contributed by atoms with Gasteiger partial charge in [-0.3, -0.25) is 34.4 Å². The smallest absolute Gasteiger partial charge is 0.255 e. The van der Waals surface area contributed by atoms with E-state index in [1.165, 1.54) is 4.90 Å². The van der Waals surface area contributed by atoms with Gasteiger partial charge in [0.25, 0.3) is 11.8 Å². The molecule has 3 aromatic carbocycles. The van der Waals surface area contributed by atoms with Crippen LogP contribution in [0.15, 0.2) is 91.4 Å². The van der Waals surface area contributed by atoms with Crippen LogP contribution in [0.3, 0.4) is 0 Å². The van der Waals surface area contributed by atoms with E-state index < -0.39 is 17.8 Å². The lowest BCUT2D eigenvalue weighted by molar-refractivity contribution is -0.136. The first kappa shape index (κ1) is 35.5. The maximum absolute atomic E-state index is 15.8. The fraction of sp³-hybridized carbons (Fsp3) is 0.244. The highest BCUT2D eigenvalue weighted by atomic mass is 19.1. The number of piperidine rings is 1. The number of aromatic nitrogens is 3. The maximum Gasteiger partial charge on any atom is 0.255 e. The number of fused-ring (bicyclic) bond motifs is 1. The number of rotatable bonds is 9. The van der Waals surface area contributed by atoms with Crippen molar-refractivity contribution in [2.24, 2.45) is 0 Å². The molecule has 0 radical (unpaired) electrons. The molecule has 3 aliphatic heterocycles. The van der Waals surface area contributed by atoms with Crippen LogP contribution in [0.5, 0.6) is 0 Å². The fourth-order valence-electron chi connectivity index (χ4n) is 7.26. The van der Waals surface area contributed by atoms with Gasteiger partial charge in [0.1, 0.15) is 11.9 Å². The number of carbonyl (C=O) groups excluding carboxylic acids is 4. The summed E-state index contributed by atoms with van der Waals surface area (Å²) >= 11 is 0. The van der Waals surface area contributed by atoms with Gasteiger partial charge in [-0.1, -0.05) is 12.1 Å². The summed E-state index contributed by atoms with van der Waals surface area (Å²) in [5.74, 6) is -1.50. The highest BCUT2D eigenvalue weighted by molar-refractivity contribution is 6.06. The van der Waals surface area contributed by atoms with E-state index >= 15 is 4.39 Å². The number of nitrogens with one attached hydrogen (secondary N) is 3. The Kier molecular flexibility index (Phi) is 9.72. The molecule has 2 aromatic heterocycles. The second-order valence-corrected chi connectivity index (χ2v) is 13.9. The Bertz CT molecular complexity index is 2300. The summed E-state index contributed by atoms with van der Waals surface area (Å²) in [7, 11) is 0. The third kappa shape index (κ3) is 7.49. The molecular weight excluding hydrogens is 702 g/mol. The first-order chi connectivity index (χ1) is 26.7. The molecule has 4 amide bonds. The summed E-state index contributed by atoms with van der Waals surface area (Å²) in [6.45, 7) is 5.18. The van der Waals surface area contributed by atoms with Crippen LogP contribution < -0.4 is 20.9 Å². The molecule has 8 rings (SSSR count). The largest absolute Gasteiger partial charge is 0.369 e. The lowest BCUT2D eigenvalue weighted by Crippen LogP contribution is -2.52. The molecule has 3 aliphatic rings. The number of halogens is 1. The zero-order valence-corrected chi connectivity index (χ0v) is 30.1. The second kappa shape index (κ2) is 15.1. The van der Waals surface area contributed by atoms with Crippen molar-refractivity contribution in [3.8, 4) is 11.3 Å². The molecule has 55 heavy (non-hydrogen) atoms. The number of hydrogen-bond acceptors (Lipinski definition) is 10. The summed E-state index contributed by atoms with van der Waals surface area (Å²) in [5, 5.41) is 8.54. The first-order valence-electron chi connectivity index (χ1n) is 18.1. The van der Waals surface area contributed by atoms with Crippen molar-refractivity contribution in [1.82, 2.24) is 30.1 Å². The predicted molar refractivity (Wildman–Crippen MR) is 204 cm³/mol. The molecule has 5 heterocycles. The summed E-state index contributed by atoms with van der Waals surface area (Å²) < 4.78 is 15.8. The third-order valence-electron chi connectivity index (χ3n) is 10.3. The van der Waals surface area contributed by atoms with E-state index in [9.17, 15) is 19.2 Å². The normalized spacial score (nSPS) is 17.2. The van der Waals surface area contributed by atoms with Gasteiger partial charge in [-0.05, 0) is 79.6 Å². The third-order valence-corrected chi connectivity index (χ3v) is 10.3. The molecule has 0 aliphatic carbocycles. The van der Waals surface area contributed by atoms with E-state index in [-0.39, 0.29) is 42.7 Å². The van der Waals surface area contributed by atoms with Crippen LogP contribution in [-0.2, 0) is 22.7 Å². The minimum Gasteiger partial charge on any atom is -0.369 e. The number of anilines is 4. The lowest BCUT2D eigenvalue weighted by Gasteiger charge is -2.36. The van der Waals surface area contributed by atoms with Gasteiger partial charge in [-0.2, -0.15) is 0 Å². The van der Waals surface area contributed by atoms with Crippen LogP contribution in [0.4, 0.5) is 27.4 Å². The van der Waals surface area contributed by atoms with E-state index in [2.05, 4.69) is 40.7 Å². The molecule has 1 unspecified atom stereocenters. The summed E-state index contributed by atoms with van der Waals surface area (Å²) in [6.07, 6.45) is 5.52. The Morgan fingerprint density at radius 2 is 1.78 bits per heavy atom. The average molecular weight is 740 g/mol. The molecule has 5 aromatic rings. The van der Waals surface area contributed by atoms with Gasteiger partial charge < -0.3 is 20.4 Å². The standard InChI is InChI=1S/C41H38FN9O4/c1-25-4-8-29(21-34(25)47-41-44-16-14-33(46-41)27-3-2-15-43-22-27)45-38(53)26-5-9-30(10-6-26)50-19-17-49(18-20-50)23-28-7-11-31-32(37(28)42)24-51(40(31)55)35-12-13-36(52)48-39(35)54/h2-11,14-16,21-22,35H,12-13,17-20,23-24H2,1H3,(H,45,53)(H,44,46,47)(H,48,52,54). The van der Waals surface area contributed by atoms with E-state index in [4.69, 9.17) is 0 Å². The molecule has 2 saturated heterocycles. The number of aryl methyl sites for hydroxylation is 1. The zero-order valence-electron chi connectivity index (χ0n) is 30.1. The Morgan fingerprint density at radius 1 is 0.964 bits per heavy atom. The summed E-state index contributed by atoms with van der Waals surface area (Å²) in [6, 6.07) is 21.2. The van der Waals surface area contributed by atoms with E-state index in [0.717, 1.165) is 28.2 Å². The Morgan fingerprint density at radius 3 is 2.55 bits per heavy atom. The van der Waals surface area contributed by atoms with Gasteiger partial charge in [0.05, 0.1) is 12.2 Å². The van der Waals surface area contributed by atoms with Crippen molar-refractivity contribution in [3.05, 3.63) is 125 Å². The van der Waals surface area contributed by atoms with Gasteiger partial charge >= 0.3 is 0 Å². The van der Waals surface area contributed by atoms with Crippen LogP contribution in [0.1, 0.15) is 50.2 Å². The van der Waals surface area contributed by atoms with Crippen molar-refractivity contribution < 1.29 is 23.6 Å². The number of piperazine rings is 1. The van der Waals surface area contributed by atoms with Gasteiger partial charge in [-0.15, -0.1) is 0 Å². The number of hydrogen-bond donors (Lipinski definition) is 3. The minimum atomic E-state index is -0.787. The summed E-state index contributed by atoms with van der Waals surface area (Å²) in [5.41, 5.74) is 6.55. The zero-order chi connectivity index (χ0) is 38.1. The van der Waals surface area contributed by atoms with E-state index in [0.29, 0.717) is 61.0 Å². The predicted octanol–water partition coefficient (Wildman–Crippen LogP) is 5.07. The summed E-state index contributed by atoms with van der Waals surface area (Å²) in [4.78, 5) is 69.2. The average Bonchev–Trinajstić information content (AvgIpc) is 3.54. The molecule has 0 saturated carbocycles. The number of benzene rings is 3. The van der Waals surface area contributed by atoms with Gasteiger partial charge in [0.15, 0.2) is 0 Å². The SMILES string of the molecule is Cc1ccc(NC(=O)c2ccc(N3CCN(Cc4ccc5c(c4F)CN(C4CCC(=O)NC4=O)C5=O)CC3)cc2)cc1Nc1nccc(-c2cccnc2)n1. The van der Waals surface area contributed by atoms with Crippen molar-refractivity contribution >= 4 is 46.6 Å². The number of amides is 4. The van der Waals surface area contributed by atoms with Crippen LogP contribution in [0.25, 0.3) is 11.3 Å². The molecule has 3 N–H and O–H groups in total. The maximum atomic E-state index is 15.8. The minimum absolute atomic E-state index is 0.00349. The van der Waals surface area contributed by atoms with E-state index in [1.54, 1.807) is 30.7 Å². The van der Waals surface area contributed by atoms with Crippen LogP contribution in [-0.4, -0.2) is 80.6 Å². The highest BCUT2D eigenvalue weighted by Gasteiger charge is 2.40. The van der Waals surface area contributed by atoms with E-state index in [1.807, 2.05) is 67.6 Å². The molecule has 0 bridgehead atoms. The van der Waals surface area contributed by atoms with Gasteiger partial charge in [0.2, 0.25) is 17.8 Å². The van der Waals surface area contributed by atoms with Crippen LogP contribution in [0.2, 0.25) is 0 Å². The molecule has 13 nitrogen and oxygen atoms in total. The second-order valence-electron chi connectivity index (χ2n) is 13.9. The molecule has 14 heteroatoms. The number of nitrogens with zero attached hydrogens (tertiary/aromatic N) is 6. The molecule has 278 valence electrons. The molecule has 1 atom stereocenters. The molecular formula is C41H38FN9O4. The molecule has 2 fully saturated rings. The number of pyridine rings is 1. The topological polar surface area (TPSA) is 153 Å². The molecule has 0 spiro atoms. The monoisotopic (exact) mass is 739 g/mol. The highest BCUT2D eigenvalue weighted by Crippen LogP contribution is 2.32. The Labute approximate surface area is 316 Å².